The van der Waals surface area contributed by atoms with Crippen molar-refractivity contribution in [1.29, 1.82) is 0 Å². The third kappa shape index (κ3) is 13.6. The maximum atomic E-state index is 10.4. The molecule has 0 aromatic rings. The number of hydrogen-bond acceptors (Lipinski definition) is 1. The smallest absolute Gasteiger partial charge is 0.0779 e. The molecule has 0 bridgehead atoms. The summed E-state index contributed by atoms with van der Waals surface area (Å²) < 4.78 is 0.876. The highest BCUT2D eigenvalue weighted by Gasteiger charge is 2.27. The van der Waals surface area contributed by atoms with Gasteiger partial charge >= 0.3 is 0 Å². The molecule has 132 valence electrons. The van der Waals surface area contributed by atoms with Gasteiger partial charge in [-0.15, -0.1) is 0 Å². The first-order valence-electron chi connectivity index (χ1n) is 8.79. The zero-order valence-corrected chi connectivity index (χ0v) is 19.0. The fraction of sp³-hybridized carbons (Fsp3) is 0.889. The van der Waals surface area contributed by atoms with E-state index in [1.54, 1.807) is 0 Å². The van der Waals surface area contributed by atoms with E-state index in [1.165, 1.54) is 64.2 Å². The lowest BCUT2D eigenvalue weighted by Crippen LogP contribution is -2.33. The van der Waals surface area contributed by atoms with Crippen LogP contribution in [0.3, 0.4) is 0 Å². The third-order valence-electron chi connectivity index (χ3n) is 4.15. The van der Waals surface area contributed by atoms with Gasteiger partial charge in [-0.05, 0) is 51.3 Å². The highest BCUT2D eigenvalue weighted by molar-refractivity contribution is 9.28. The third-order valence-corrected chi connectivity index (χ3v) is 5.93. The normalized spacial score (nSPS) is 15.4. The molecule has 0 unspecified atom stereocenters. The van der Waals surface area contributed by atoms with E-state index in [2.05, 4.69) is 54.7 Å². The van der Waals surface area contributed by atoms with Gasteiger partial charge in [0.25, 0.3) is 0 Å². The molecule has 22 heavy (non-hydrogen) atoms. The Morgan fingerprint density at radius 2 is 1.32 bits per heavy atom. The van der Waals surface area contributed by atoms with Crippen molar-refractivity contribution in [3.63, 3.8) is 0 Å². The Morgan fingerprint density at radius 1 is 0.909 bits per heavy atom. The van der Waals surface area contributed by atoms with Crippen LogP contribution in [0.4, 0.5) is 0 Å². The summed E-state index contributed by atoms with van der Waals surface area (Å²) in [5, 5.41) is 10.4. The summed E-state index contributed by atoms with van der Waals surface area (Å²) in [5.74, 6) is 0. The van der Waals surface area contributed by atoms with Crippen molar-refractivity contribution >= 4 is 47.8 Å². The lowest BCUT2D eigenvalue weighted by molar-refractivity contribution is 0.0580. The second-order valence-corrected chi connectivity index (χ2v) is 10.3. The number of unbranched alkanes of at least 4 members (excludes halogenated alkanes) is 10. The lowest BCUT2D eigenvalue weighted by atomic mass is 9.94. The van der Waals surface area contributed by atoms with Crippen LogP contribution in [0.15, 0.2) is 9.47 Å². The summed E-state index contributed by atoms with van der Waals surface area (Å²) in [7, 11) is 0. The molecule has 0 aliphatic heterocycles. The second-order valence-electron chi connectivity index (χ2n) is 6.50. The first-order chi connectivity index (χ1) is 10.4. The second kappa shape index (κ2) is 14.5. The lowest BCUT2D eigenvalue weighted by Gasteiger charge is -2.27. The minimum atomic E-state index is -0.688. The molecule has 0 saturated carbocycles. The van der Waals surface area contributed by atoms with Crippen LogP contribution in [0.5, 0.6) is 0 Å². The van der Waals surface area contributed by atoms with Crippen LogP contribution >= 0.6 is 47.8 Å². The molecular formula is C18H33Br3O. The van der Waals surface area contributed by atoms with Crippen molar-refractivity contribution < 1.29 is 5.11 Å². The van der Waals surface area contributed by atoms with Gasteiger partial charge in [0.1, 0.15) is 0 Å². The quantitative estimate of drug-likeness (QED) is 0.189. The van der Waals surface area contributed by atoms with E-state index < -0.39 is 5.60 Å². The molecule has 0 aliphatic rings. The summed E-state index contributed by atoms with van der Waals surface area (Å²) in [6.45, 7) is 4.17. The fourth-order valence-electron chi connectivity index (χ4n) is 2.58. The zero-order chi connectivity index (χ0) is 16.8. The topological polar surface area (TPSA) is 20.2 Å². The molecule has 1 N–H and O–H groups in total. The van der Waals surface area contributed by atoms with Gasteiger partial charge in [-0.3, -0.25) is 0 Å². The maximum Gasteiger partial charge on any atom is 0.0779 e. The largest absolute Gasteiger partial charge is 0.389 e. The Kier molecular flexibility index (Phi) is 15.2. The van der Waals surface area contributed by atoms with Gasteiger partial charge in [0.05, 0.1) is 13.8 Å². The molecule has 0 fully saturated rings. The van der Waals surface area contributed by atoms with Gasteiger partial charge < -0.3 is 5.11 Å². The number of alkyl halides is 1. The fourth-order valence-corrected chi connectivity index (χ4v) is 4.31. The minimum absolute atomic E-state index is 0.0307. The van der Waals surface area contributed by atoms with Gasteiger partial charge in [0.15, 0.2) is 0 Å². The van der Waals surface area contributed by atoms with Crippen LogP contribution in [0.2, 0.25) is 0 Å². The Labute approximate surface area is 163 Å². The molecule has 0 rings (SSSR count). The van der Waals surface area contributed by atoms with E-state index >= 15 is 0 Å². The van der Waals surface area contributed by atoms with Crippen LogP contribution in [0.1, 0.15) is 90.9 Å². The van der Waals surface area contributed by atoms with E-state index in [-0.39, 0.29) is 4.83 Å². The van der Waals surface area contributed by atoms with Crippen molar-refractivity contribution in [2.24, 2.45) is 0 Å². The first-order valence-corrected chi connectivity index (χ1v) is 11.3. The average Bonchev–Trinajstić information content (AvgIpc) is 2.44. The van der Waals surface area contributed by atoms with E-state index in [4.69, 9.17) is 0 Å². The molecule has 0 aromatic carbocycles. The number of hydrogen-bond donors (Lipinski definition) is 1. The molecule has 0 aromatic heterocycles. The van der Waals surface area contributed by atoms with Gasteiger partial charge in [0, 0.05) is 0 Å². The molecule has 1 nitrogen and oxygen atoms in total. The molecule has 0 spiro atoms. The Morgan fingerprint density at radius 3 is 1.73 bits per heavy atom. The molecule has 4 heteroatoms. The molecule has 0 amide bonds. The SMILES string of the molecule is CCCCCCCCCCCCC[C@](C)(O)[C@H](Br)C=C(Br)Br. The van der Waals surface area contributed by atoms with Gasteiger partial charge in [-0.25, -0.2) is 0 Å². The molecule has 0 heterocycles. The molecule has 0 saturated heterocycles. The summed E-state index contributed by atoms with van der Waals surface area (Å²) in [5.41, 5.74) is -0.688. The predicted octanol–water partition coefficient (Wildman–Crippen LogP) is 7.83. The van der Waals surface area contributed by atoms with E-state index in [0.29, 0.717) is 0 Å². The number of halogens is 3. The van der Waals surface area contributed by atoms with E-state index in [1.807, 2.05) is 13.0 Å². The first kappa shape index (κ1) is 23.1. The van der Waals surface area contributed by atoms with Gasteiger partial charge in [-0.1, -0.05) is 93.5 Å². The Balaban J connectivity index is 3.51. The van der Waals surface area contributed by atoms with Gasteiger partial charge in [-0.2, -0.15) is 0 Å². The standard InChI is InChI=1S/C18H33Br3O/c1-3-4-5-6-7-8-9-10-11-12-13-14-18(2,22)16(19)15-17(20)21/h15-16,22H,3-14H2,1-2H3/t16-,18+/m1/s1. The van der Waals surface area contributed by atoms with Crippen molar-refractivity contribution in [2.75, 3.05) is 0 Å². The van der Waals surface area contributed by atoms with Crippen molar-refractivity contribution in [3.8, 4) is 0 Å². The highest BCUT2D eigenvalue weighted by Crippen LogP contribution is 2.29. The van der Waals surface area contributed by atoms with Crippen LogP contribution in [0.25, 0.3) is 0 Å². The van der Waals surface area contributed by atoms with Crippen LogP contribution in [-0.4, -0.2) is 15.5 Å². The maximum absolute atomic E-state index is 10.4. The van der Waals surface area contributed by atoms with E-state index in [9.17, 15) is 5.11 Å². The summed E-state index contributed by atoms with van der Waals surface area (Å²) >= 11 is 10.2. The summed E-state index contributed by atoms with van der Waals surface area (Å²) in [6.07, 6.45) is 17.5. The molecule has 0 radical (unpaired) electrons. The number of rotatable bonds is 14. The predicted molar refractivity (Wildman–Crippen MR) is 110 cm³/mol. The highest BCUT2D eigenvalue weighted by atomic mass is 79.9. The van der Waals surface area contributed by atoms with Crippen molar-refractivity contribution in [2.45, 2.75) is 101 Å². The average molecular weight is 505 g/mol. The number of aliphatic hydroxyl groups is 1. The molecule has 0 aliphatic carbocycles. The van der Waals surface area contributed by atoms with Gasteiger partial charge in [0.2, 0.25) is 0 Å². The van der Waals surface area contributed by atoms with E-state index in [0.717, 1.165) is 16.2 Å². The van der Waals surface area contributed by atoms with Crippen LogP contribution in [-0.2, 0) is 0 Å². The Hall–Kier alpha value is 1.14. The Bertz CT molecular complexity index is 286. The van der Waals surface area contributed by atoms with Crippen LogP contribution in [0, 0.1) is 0 Å². The summed E-state index contributed by atoms with van der Waals surface area (Å²) in [6, 6.07) is 0. The monoisotopic (exact) mass is 502 g/mol. The molecular weight excluding hydrogens is 472 g/mol. The zero-order valence-electron chi connectivity index (χ0n) is 14.2. The summed E-state index contributed by atoms with van der Waals surface area (Å²) in [4.78, 5) is -0.0307. The van der Waals surface area contributed by atoms with Crippen LogP contribution < -0.4 is 0 Å². The molecule has 2 atom stereocenters. The van der Waals surface area contributed by atoms with Crippen molar-refractivity contribution in [1.82, 2.24) is 0 Å². The van der Waals surface area contributed by atoms with Crippen molar-refractivity contribution in [3.05, 3.63) is 9.47 Å². The minimum Gasteiger partial charge on any atom is -0.389 e.